The Balaban J connectivity index is 2.63. The Kier molecular flexibility index (Phi) is 6.12. The van der Waals surface area contributed by atoms with Crippen molar-refractivity contribution in [1.82, 2.24) is 0 Å². The molecule has 18 heavy (non-hydrogen) atoms. The number of carbonyl (C=O) groups is 1. The van der Waals surface area contributed by atoms with Crippen molar-refractivity contribution >= 4 is 40.0 Å². The second-order valence-electron chi connectivity index (χ2n) is 3.86. The van der Waals surface area contributed by atoms with Crippen molar-refractivity contribution in [3.63, 3.8) is 0 Å². The van der Waals surface area contributed by atoms with Gasteiger partial charge in [0.2, 0.25) is 0 Å². The van der Waals surface area contributed by atoms with Crippen LogP contribution in [0.1, 0.15) is 18.9 Å². The molecule has 1 aromatic rings. The van der Waals surface area contributed by atoms with Crippen LogP contribution in [0.5, 0.6) is 0 Å². The fourth-order valence-electron chi connectivity index (χ4n) is 1.35. The number of carbonyl (C=O) groups excluding carboxylic acids is 1. The standard InChI is InChI=1S/C12H14Cl2O3S/c1-8(5-12(15)17-2)18(16)7-9-3-4-10(13)11(14)6-9/h3-4,6,8H,5,7H2,1-2H3. The molecule has 0 saturated carbocycles. The third-order valence-corrected chi connectivity index (χ3v) is 4.84. The van der Waals surface area contributed by atoms with Gasteiger partial charge in [-0.05, 0) is 17.7 Å². The van der Waals surface area contributed by atoms with E-state index in [-0.39, 0.29) is 17.6 Å². The number of methoxy groups -OCH3 is 1. The summed E-state index contributed by atoms with van der Waals surface area (Å²) in [5.74, 6) is -0.0142. The topological polar surface area (TPSA) is 43.4 Å². The van der Waals surface area contributed by atoms with Crippen molar-refractivity contribution in [2.24, 2.45) is 0 Å². The van der Waals surface area contributed by atoms with Gasteiger partial charge < -0.3 is 4.74 Å². The first kappa shape index (κ1) is 15.5. The Morgan fingerprint density at radius 3 is 2.61 bits per heavy atom. The monoisotopic (exact) mass is 308 g/mol. The molecule has 0 saturated heterocycles. The van der Waals surface area contributed by atoms with Gasteiger partial charge in [0.05, 0.1) is 23.6 Å². The van der Waals surface area contributed by atoms with Gasteiger partial charge >= 0.3 is 5.97 Å². The van der Waals surface area contributed by atoms with Gasteiger partial charge in [0, 0.05) is 21.8 Å². The number of rotatable bonds is 5. The molecule has 100 valence electrons. The highest BCUT2D eigenvalue weighted by Gasteiger charge is 2.16. The molecule has 0 bridgehead atoms. The van der Waals surface area contributed by atoms with Crippen molar-refractivity contribution in [1.29, 1.82) is 0 Å². The molecule has 0 spiro atoms. The van der Waals surface area contributed by atoms with E-state index in [0.29, 0.717) is 15.8 Å². The van der Waals surface area contributed by atoms with Gasteiger partial charge in [-0.2, -0.15) is 0 Å². The molecule has 6 heteroatoms. The summed E-state index contributed by atoms with van der Waals surface area (Å²) in [5, 5.41) is 0.646. The molecule has 2 unspecified atom stereocenters. The zero-order valence-electron chi connectivity index (χ0n) is 10.1. The van der Waals surface area contributed by atoms with Gasteiger partial charge in [-0.15, -0.1) is 0 Å². The number of esters is 1. The highest BCUT2D eigenvalue weighted by atomic mass is 35.5. The summed E-state index contributed by atoms with van der Waals surface area (Å²) in [5.41, 5.74) is 0.833. The lowest BCUT2D eigenvalue weighted by Gasteiger charge is -2.10. The molecule has 0 heterocycles. The predicted octanol–water partition coefficient (Wildman–Crippen LogP) is 3.19. The molecule has 0 amide bonds. The van der Waals surface area contributed by atoms with Crippen LogP contribution in [0.4, 0.5) is 0 Å². The Hall–Kier alpha value is -0.580. The lowest BCUT2D eigenvalue weighted by molar-refractivity contribution is -0.140. The Morgan fingerprint density at radius 2 is 2.06 bits per heavy atom. The Bertz CT molecular complexity index is 463. The Morgan fingerprint density at radius 1 is 1.39 bits per heavy atom. The summed E-state index contributed by atoms with van der Waals surface area (Å²) in [6.07, 6.45) is 0.143. The van der Waals surface area contributed by atoms with E-state index >= 15 is 0 Å². The van der Waals surface area contributed by atoms with Crippen LogP contribution in [0, 0.1) is 0 Å². The molecule has 0 aliphatic heterocycles. The van der Waals surface area contributed by atoms with Crippen LogP contribution in [0.2, 0.25) is 10.0 Å². The first-order chi connectivity index (χ1) is 8.43. The minimum absolute atomic E-state index is 0.143. The van der Waals surface area contributed by atoms with Crippen LogP contribution >= 0.6 is 23.2 Å². The quantitative estimate of drug-likeness (QED) is 0.785. The molecule has 0 N–H and O–H groups in total. The minimum atomic E-state index is -1.16. The summed E-state index contributed by atoms with van der Waals surface area (Å²) in [6.45, 7) is 1.75. The molecule has 1 aromatic carbocycles. The maximum atomic E-state index is 12.0. The molecular formula is C12H14Cl2O3S. The van der Waals surface area contributed by atoms with Crippen LogP contribution in [0.3, 0.4) is 0 Å². The third kappa shape index (κ3) is 4.59. The first-order valence-corrected chi connectivity index (χ1v) is 7.45. The number of benzene rings is 1. The van der Waals surface area contributed by atoms with E-state index in [1.54, 1.807) is 25.1 Å². The van der Waals surface area contributed by atoms with E-state index in [2.05, 4.69) is 4.74 Å². The summed E-state index contributed by atoms with van der Waals surface area (Å²) >= 11 is 11.7. The summed E-state index contributed by atoms with van der Waals surface area (Å²) in [4.78, 5) is 11.1. The van der Waals surface area contributed by atoms with Gasteiger partial charge in [-0.3, -0.25) is 9.00 Å². The van der Waals surface area contributed by atoms with Gasteiger partial charge in [0.1, 0.15) is 0 Å². The zero-order chi connectivity index (χ0) is 13.7. The van der Waals surface area contributed by atoms with E-state index in [1.165, 1.54) is 7.11 Å². The SMILES string of the molecule is COC(=O)CC(C)S(=O)Cc1ccc(Cl)c(Cl)c1. The molecule has 0 radical (unpaired) electrons. The number of hydrogen-bond donors (Lipinski definition) is 0. The van der Waals surface area contributed by atoms with Crippen molar-refractivity contribution in [2.45, 2.75) is 24.3 Å². The molecule has 1 rings (SSSR count). The largest absolute Gasteiger partial charge is 0.469 e. The summed E-state index contributed by atoms with van der Waals surface area (Å²) in [7, 11) is 0.161. The normalized spacial score (nSPS) is 14.0. The van der Waals surface area contributed by atoms with Crippen LogP contribution in [0.25, 0.3) is 0 Å². The molecule has 2 atom stereocenters. The molecule has 0 aromatic heterocycles. The summed E-state index contributed by atoms with van der Waals surface area (Å²) < 4.78 is 16.5. The second kappa shape index (κ2) is 7.12. The second-order valence-corrected chi connectivity index (χ2v) is 6.53. The maximum Gasteiger partial charge on any atom is 0.306 e. The van der Waals surface area contributed by atoms with E-state index in [1.807, 2.05) is 0 Å². The third-order valence-electron chi connectivity index (χ3n) is 2.42. The lowest BCUT2D eigenvalue weighted by atomic mass is 10.2. The van der Waals surface area contributed by atoms with E-state index in [4.69, 9.17) is 23.2 Å². The highest BCUT2D eigenvalue weighted by Crippen LogP contribution is 2.23. The van der Waals surface area contributed by atoms with Gasteiger partial charge in [-0.25, -0.2) is 0 Å². The minimum Gasteiger partial charge on any atom is -0.469 e. The zero-order valence-corrected chi connectivity index (χ0v) is 12.4. The first-order valence-electron chi connectivity index (χ1n) is 5.32. The van der Waals surface area contributed by atoms with E-state index in [9.17, 15) is 9.00 Å². The van der Waals surface area contributed by atoms with Gasteiger partial charge in [0.25, 0.3) is 0 Å². The summed E-state index contributed by atoms with van der Waals surface area (Å²) in [6, 6.07) is 5.13. The fourth-order valence-corrected chi connectivity index (χ4v) is 2.78. The van der Waals surface area contributed by atoms with Crippen LogP contribution in [0.15, 0.2) is 18.2 Å². The Labute approximate surface area is 119 Å². The van der Waals surface area contributed by atoms with Crippen LogP contribution in [-0.4, -0.2) is 22.5 Å². The number of halogens is 2. The lowest BCUT2D eigenvalue weighted by Crippen LogP contribution is -2.18. The maximum absolute atomic E-state index is 12.0. The molecule has 0 aliphatic carbocycles. The number of hydrogen-bond acceptors (Lipinski definition) is 3. The average molecular weight is 309 g/mol. The van der Waals surface area contributed by atoms with Crippen molar-refractivity contribution in [2.75, 3.05) is 7.11 Å². The van der Waals surface area contributed by atoms with Crippen LogP contribution in [-0.2, 0) is 26.1 Å². The van der Waals surface area contributed by atoms with E-state index < -0.39 is 10.8 Å². The van der Waals surface area contributed by atoms with Crippen molar-refractivity contribution < 1.29 is 13.7 Å². The predicted molar refractivity (Wildman–Crippen MR) is 74.4 cm³/mol. The number of ether oxygens (including phenoxy) is 1. The average Bonchev–Trinajstić information content (AvgIpc) is 2.33. The molecule has 0 aliphatic rings. The highest BCUT2D eigenvalue weighted by molar-refractivity contribution is 7.84. The smallest absolute Gasteiger partial charge is 0.306 e. The fraction of sp³-hybridized carbons (Fsp3) is 0.417. The molecule has 0 fully saturated rings. The van der Waals surface area contributed by atoms with Crippen molar-refractivity contribution in [3.05, 3.63) is 33.8 Å². The van der Waals surface area contributed by atoms with Crippen LogP contribution < -0.4 is 0 Å². The van der Waals surface area contributed by atoms with E-state index in [0.717, 1.165) is 5.56 Å². The molecular weight excluding hydrogens is 295 g/mol. The van der Waals surface area contributed by atoms with Gasteiger partial charge in [0.15, 0.2) is 0 Å². The van der Waals surface area contributed by atoms with Gasteiger partial charge in [-0.1, -0.05) is 36.2 Å². The van der Waals surface area contributed by atoms with Crippen molar-refractivity contribution in [3.8, 4) is 0 Å². The molecule has 3 nitrogen and oxygen atoms in total.